The first-order valence-electron chi connectivity index (χ1n) is 10.0. The molecule has 6 heteroatoms. The standard InChI is InChI=1S/C21H33ClN2O2S/c1-15-7-10-24(11-8-15)18-6-9-21(4,14-18)23(5)27(25,26)20-13-16(2)19(22)12-17(20)3/h12-13,15,18H,6-11,14H2,1-5H3/t18-,21+/m0/s1. The van der Waals surface area contributed by atoms with Crippen LogP contribution >= 0.6 is 11.6 Å². The fourth-order valence-corrected chi connectivity index (χ4v) is 6.70. The average molecular weight is 413 g/mol. The van der Waals surface area contributed by atoms with E-state index in [-0.39, 0.29) is 5.54 Å². The van der Waals surface area contributed by atoms with Crippen molar-refractivity contribution >= 4 is 21.6 Å². The van der Waals surface area contributed by atoms with Crippen LogP contribution in [0.3, 0.4) is 0 Å². The van der Waals surface area contributed by atoms with Crippen LogP contribution < -0.4 is 0 Å². The van der Waals surface area contributed by atoms with Crippen molar-refractivity contribution in [3.8, 4) is 0 Å². The van der Waals surface area contributed by atoms with Gasteiger partial charge in [0.15, 0.2) is 0 Å². The monoisotopic (exact) mass is 412 g/mol. The molecule has 1 aromatic carbocycles. The van der Waals surface area contributed by atoms with Crippen LogP contribution in [0.4, 0.5) is 0 Å². The van der Waals surface area contributed by atoms with Crippen molar-refractivity contribution in [3.63, 3.8) is 0 Å². The molecule has 1 aromatic rings. The molecule has 0 unspecified atom stereocenters. The number of hydrogen-bond acceptors (Lipinski definition) is 3. The Labute approximate surface area is 169 Å². The van der Waals surface area contributed by atoms with Crippen molar-refractivity contribution in [3.05, 3.63) is 28.3 Å². The van der Waals surface area contributed by atoms with Crippen LogP contribution in [0.25, 0.3) is 0 Å². The summed E-state index contributed by atoms with van der Waals surface area (Å²) in [5.41, 5.74) is 1.17. The Balaban J connectivity index is 1.80. The van der Waals surface area contributed by atoms with Crippen molar-refractivity contribution < 1.29 is 8.42 Å². The number of piperidine rings is 1. The van der Waals surface area contributed by atoms with Gasteiger partial charge in [0.25, 0.3) is 0 Å². The zero-order valence-electron chi connectivity index (χ0n) is 17.3. The van der Waals surface area contributed by atoms with Gasteiger partial charge in [-0.1, -0.05) is 18.5 Å². The minimum Gasteiger partial charge on any atom is -0.300 e. The van der Waals surface area contributed by atoms with Gasteiger partial charge in [-0.15, -0.1) is 0 Å². The SMILES string of the molecule is Cc1cc(S(=O)(=O)N(C)[C@]2(C)CC[C@H](N3CCC(C)CC3)C2)c(C)cc1Cl. The number of likely N-dealkylation sites (tertiary alicyclic amines) is 1. The van der Waals surface area contributed by atoms with Gasteiger partial charge in [-0.25, -0.2) is 8.42 Å². The summed E-state index contributed by atoms with van der Waals surface area (Å²) in [7, 11) is -1.81. The van der Waals surface area contributed by atoms with E-state index in [0.717, 1.165) is 43.8 Å². The fraction of sp³-hybridized carbons (Fsp3) is 0.714. The highest BCUT2D eigenvalue weighted by molar-refractivity contribution is 7.89. The normalized spacial score (nSPS) is 28.2. The second-order valence-electron chi connectivity index (χ2n) is 8.95. The van der Waals surface area contributed by atoms with E-state index in [0.29, 0.717) is 21.5 Å². The highest BCUT2D eigenvalue weighted by Gasteiger charge is 2.45. The van der Waals surface area contributed by atoms with Crippen LogP contribution in [0.1, 0.15) is 57.1 Å². The molecule has 0 bridgehead atoms. The molecule has 152 valence electrons. The van der Waals surface area contributed by atoms with Crippen LogP contribution in [0.15, 0.2) is 17.0 Å². The van der Waals surface area contributed by atoms with Gasteiger partial charge in [0.05, 0.1) is 4.90 Å². The lowest BCUT2D eigenvalue weighted by Gasteiger charge is -2.38. The van der Waals surface area contributed by atoms with Crippen molar-refractivity contribution in [2.45, 2.75) is 76.3 Å². The second-order valence-corrected chi connectivity index (χ2v) is 11.3. The van der Waals surface area contributed by atoms with Crippen LogP contribution in [0.2, 0.25) is 5.02 Å². The first kappa shape index (κ1) is 21.1. The number of aryl methyl sites for hydroxylation is 2. The van der Waals surface area contributed by atoms with Gasteiger partial charge >= 0.3 is 0 Å². The molecule has 0 radical (unpaired) electrons. The molecule has 0 aromatic heterocycles. The van der Waals surface area contributed by atoms with E-state index in [4.69, 9.17) is 11.6 Å². The number of halogens is 1. The molecule has 27 heavy (non-hydrogen) atoms. The molecule has 3 rings (SSSR count). The molecule has 1 heterocycles. The summed E-state index contributed by atoms with van der Waals surface area (Å²) in [6.07, 6.45) is 5.40. The summed E-state index contributed by atoms with van der Waals surface area (Å²) in [4.78, 5) is 2.96. The summed E-state index contributed by atoms with van der Waals surface area (Å²) in [5.74, 6) is 0.813. The number of rotatable bonds is 4. The van der Waals surface area contributed by atoms with Crippen molar-refractivity contribution in [1.29, 1.82) is 0 Å². The quantitative estimate of drug-likeness (QED) is 0.724. The third-order valence-corrected chi connectivity index (χ3v) is 9.45. The highest BCUT2D eigenvalue weighted by atomic mass is 35.5. The smallest absolute Gasteiger partial charge is 0.243 e. The predicted molar refractivity (Wildman–Crippen MR) is 112 cm³/mol. The Morgan fingerprint density at radius 3 is 2.41 bits per heavy atom. The molecule has 1 saturated heterocycles. The topological polar surface area (TPSA) is 40.6 Å². The Morgan fingerprint density at radius 1 is 1.15 bits per heavy atom. The molecule has 1 saturated carbocycles. The third-order valence-electron chi connectivity index (χ3n) is 6.88. The maximum atomic E-state index is 13.4. The molecular weight excluding hydrogens is 380 g/mol. The van der Waals surface area contributed by atoms with Gasteiger partial charge < -0.3 is 4.90 Å². The summed E-state index contributed by atoms with van der Waals surface area (Å²) >= 11 is 6.17. The van der Waals surface area contributed by atoms with Crippen LogP contribution in [0, 0.1) is 19.8 Å². The highest BCUT2D eigenvalue weighted by Crippen LogP contribution is 2.41. The molecular formula is C21H33ClN2O2S. The van der Waals surface area contributed by atoms with Crippen LogP contribution in [-0.2, 0) is 10.0 Å². The van der Waals surface area contributed by atoms with E-state index >= 15 is 0 Å². The summed E-state index contributed by atoms with van der Waals surface area (Å²) in [5, 5.41) is 0.612. The molecule has 1 aliphatic heterocycles. The van der Waals surface area contributed by atoms with Crippen molar-refractivity contribution in [1.82, 2.24) is 9.21 Å². The Kier molecular flexibility index (Phi) is 5.98. The number of sulfonamides is 1. The zero-order valence-corrected chi connectivity index (χ0v) is 18.8. The summed E-state index contributed by atoms with van der Waals surface area (Å²) < 4.78 is 28.4. The minimum atomic E-state index is -3.56. The largest absolute Gasteiger partial charge is 0.300 e. The number of nitrogens with zero attached hydrogens (tertiary/aromatic N) is 2. The second kappa shape index (κ2) is 7.66. The van der Waals surface area contributed by atoms with E-state index in [9.17, 15) is 8.42 Å². The zero-order chi connectivity index (χ0) is 20.0. The van der Waals surface area contributed by atoms with Gasteiger partial charge in [0.2, 0.25) is 10.0 Å². The molecule has 2 aliphatic rings. The molecule has 2 fully saturated rings. The first-order chi connectivity index (χ1) is 12.5. The van der Waals surface area contributed by atoms with Crippen LogP contribution in [-0.4, -0.2) is 49.3 Å². The number of benzene rings is 1. The minimum absolute atomic E-state index is 0.341. The molecule has 0 amide bonds. The summed E-state index contributed by atoms with van der Waals surface area (Å²) in [6, 6.07) is 3.96. The third kappa shape index (κ3) is 4.07. The Hall–Kier alpha value is -0.620. The molecule has 1 aliphatic carbocycles. The van der Waals surface area contributed by atoms with Gasteiger partial charge in [0, 0.05) is 23.7 Å². The molecule has 0 spiro atoms. The Bertz CT molecular complexity index is 803. The van der Waals surface area contributed by atoms with Gasteiger partial charge in [-0.2, -0.15) is 4.31 Å². The van der Waals surface area contributed by atoms with E-state index < -0.39 is 10.0 Å². The van der Waals surface area contributed by atoms with Gasteiger partial charge in [-0.3, -0.25) is 0 Å². The maximum absolute atomic E-state index is 13.4. The van der Waals surface area contributed by atoms with E-state index in [1.165, 1.54) is 12.8 Å². The van der Waals surface area contributed by atoms with Crippen molar-refractivity contribution in [2.75, 3.05) is 20.1 Å². The van der Waals surface area contributed by atoms with E-state index in [1.807, 2.05) is 13.8 Å². The van der Waals surface area contributed by atoms with Crippen molar-refractivity contribution in [2.24, 2.45) is 5.92 Å². The van der Waals surface area contributed by atoms with E-state index in [1.54, 1.807) is 23.5 Å². The van der Waals surface area contributed by atoms with Gasteiger partial charge in [0.1, 0.15) is 0 Å². The molecule has 0 N–H and O–H groups in total. The molecule has 2 atom stereocenters. The summed E-state index contributed by atoms with van der Waals surface area (Å²) in [6.45, 7) is 10.4. The Morgan fingerprint density at radius 2 is 1.78 bits per heavy atom. The average Bonchev–Trinajstić information content (AvgIpc) is 3.01. The maximum Gasteiger partial charge on any atom is 0.243 e. The lowest BCUT2D eigenvalue weighted by Crippen LogP contribution is -2.47. The predicted octanol–water partition coefficient (Wildman–Crippen LogP) is 4.62. The van der Waals surface area contributed by atoms with E-state index in [2.05, 4.69) is 18.7 Å². The first-order valence-corrected chi connectivity index (χ1v) is 11.9. The molecule has 4 nitrogen and oxygen atoms in total. The van der Waals surface area contributed by atoms with Crippen LogP contribution in [0.5, 0.6) is 0 Å². The number of hydrogen-bond donors (Lipinski definition) is 0. The fourth-order valence-electron chi connectivity index (χ4n) is 4.65. The lowest BCUT2D eigenvalue weighted by atomic mass is 9.96. The lowest BCUT2D eigenvalue weighted by molar-refractivity contribution is 0.128. The van der Waals surface area contributed by atoms with Gasteiger partial charge in [-0.05, 0) is 95.1 Å².